The largest absolute Gasteiger partial charge is 0.392 e. The maximum Gasteiger partial charge on any atom is 0.326 e. The molecule has 1 saturated carbocycles. The third-order valence-corrected chi connectivity index (χ3v) is 6.81. The van der Waals surface area contributed by atoms with Gasteiger partial charge in [-0.05, 0) is 59.2 Å². The van der Waals surface area contributed by atoms with Gasteiger partial charge >= 0.3 is 11.9 Å². The Morgan fingerprint density at radius 1 is 1.00 bits per heavy atom. The van der Waals surface area contributed by atoms with Gasteiger partial charge in [-0.2, -0.15) is 0 Å². The smallest absolute Gasteiger partial charge is 0.326 e. The second-order valence-electron chi connectivity index (χ2n) is 8.45. The number of nitrogens with zero attached hydrogens (tertiary/aromatic N) is 1. The topological polar surface area (TPSA) is 56.3 Å². The Balaban J connectivity index is 1.57. The van der Waals surface area contributed by atoms with Crippen LogP contribution in [0.5, 0.6) is 0 Å². The SMILES string of the molecule is CC(C)C(=O)OC(=O)C(C)Sc1ccncc1Cc1ccc(C2CC2)c2ccccc12. The summed E-state index contributed by atoms with van der Waals surface area (Å²) in [5.41, 5.74) is 3.76. The molecule has 1 unspecified atom stereocenters. The number of carbonyl (C=O) groups excluding carboxylic acids is 2. The number of rotatable bonds is 7. The third kappa shape index (κ3) is 4.99. The van der Waals surface area contributed by atoms with Crippen molar-refractivity contribution in [3.8, 4) is 0 Å². The summed E-state index contributed by atoms with van der Waals surface area (Å²) in [7, 11) is 0. The van der Waals surface area contributed by atoms with Crippen LogP contribution in [0.4, 0.5) is 0 Å². The highest BCUT2D eigenvalue weighted by Gasteiger charge is 2.26. The summed E-state index contributed by atoms with van der Waals surface area (Å²) < 4.78 is 4.99. The van der Waals surface area contributed by atoms with Crippen molar-refractivity contribution >= 4 is 34.5 Å². The molecule has 0 spiro atoms. The average Bonchev–Trinajstić information content (AvgIpc) is 3.60. The van der Waals surface area contributed by atoms with Crippen LogP contribution in [0.1, 0.15) is 56.2 Å². The van der Waals surface area contributed by atoms with Crippen molar-refractivity contribution < 1.29 is 14.3 Å². The molecule has 1 atom stereocenters. The Bertz CT molecular complexity index is 1120. The molecule has 0 saturated heterocycles. The van der Waals surface area contributed by atoms with Gasteiger partial charge in [-0.3, -0.25) is 14.6 Å². The summed E-state index contributed by atoms with van der Waals surface area (Å²) >= 11 is 1.41. The van der Waals surface area contributed by atoms with Gasteiger partial charge in [0.05, 0.1) is 5.92 Å². The molecule has 3 aromatic rings. The van der Waals surface area contributed by atoms with Crippen molar-refractivity contribution in [2.24, 2.45) is 5.92 Å². The van der Waals surface area contributed by atoms with Crippen LogP contribution in [-0.4, -0.2) is 22.2 Å². The maximum atomic E-state index is 12.3. The van der Waals surface area contributed by atoms with Gasteiger partial charge in [0.25, 0.3) is 0 Å². The fraction of sp³-hybridized carbons (Fsp3) is 0.346. The van der Waals surface area contributed by atoms with Crippen molar-refractivity contribution in [3.63, 3.8) is 0 Å². The van der Waals surface area contributed by atoms with Crippen molar-refractivity contribution in [2.45, 2.75) is 56.1 Å². The molecule has 31 heavy (non-hydrogen) atoms. The number of fused-ring (bicyclic) bond motifs is 1. The molecule has 2 aromatic carbocycles. The number of esters is 2. The Hall–Kier alpha value is -2.66. The van der Waals surface area contributed by atoms with Crippen molar-refractivity contribution in [3.05, 3.63) is 71.5 Å². The minimum absolute atomic E-state index is 0.329. The molecule has 0 bridgehead atoms. The highest BCUT2D eigenvalue weighted by Crippen LogP contribution is 2.44. The van der Waals surface area contributed by atoms with Gasteiger partial charge in [0.2, 0.25) is 0 Å². The Kier molecular flexibility index (Phi) is 6.42. The van der Waals surface area contributed by atoms with Crippen LogP contribution in [0.25, 0.3) is 10.8 Å². The average molecular weight is 434 g/mol. The van der Waals surface area contributed by atoms with Gasteiger partial charge in [0.1, 0.15) is 5.25 Å². The summed E-state index contributed by atoms with van der Waals surface area (Å²) in [5, 5.41) is 2.13. The van der Waals surface area contributed by atoms with E-state index < -0.39 is 17.2 Å². The van der Waals surface area contributed by atoms with E-state index in [1.807, 2.05) is 12.3 Å². The van der Waals surface area contributed by atoms with E-state index in [0.717, 1.165) is 16.9 Å². The fourth-order valence-electron chi connectivity index (χ4n) is 3.70. The standard InChI is InChI=1S/C26H27NO3S/c1-16(2)25(28)30-26(29)17(3)31-24-12-13-27-15-20(24)14-19-10-11-22(18-8-9-18)23-7-5-4-6-21(19)23/h4-7,10-13,15-18H,8-9,14H2,1-3H3. The highest BCUT2D eigenvalue weighted by atomic mass is 32.2. The summed E-state index contributed by atoms with van der Waals surface area (Å²) in [6.07, 6.45) is 6.88. The van der Waals surface area contributed by atoms with Crippen molar-refractivity contribution in [2.75, 3.05) is 0 Å². The zero-order valence-corrected chi connectivity index (χ0v) is 18.9. The van der Waals surface area contributed by atoms with Crippen LogP contribution in [-0.2, 0) is 20.7 Å². The van der Waals surface area contributed by atoms with E-state index in [1.54, 1.807) is 27.0 Å². The van der Waals surface area contributed by atoms with Gasteiger partial charge in [-0.15, -0.1) is 11.8 Å². The van der Waals surface area contributed by atoms with E-state index in [-0.39, 0.29) is 5.92 Å². The Labute approximate surface area is 187 Å². The van der Waals surface area contributed by atoms with Crippen LogP contribution in [0.15, 0.2) is 59.8 Å². The number of benzene rings is 2. The molecule has 1 fully saturated rings. The third-order valence-electron chi connectivity index (χ3n) is 5.61. The molecule has 1 heterocycles. The highest BCUT2D eigenvalue weighted by molar-refractivity contribution is 8.00. The fourth-order valence-corrected chi connectivity index (χ4v) is 4.64. The number of hydrogen-bond acceptors (Lipinski definition) is 5. The molecule has 4 nitrogen and oxygen atoms in total. The second-order valence-corrected chi connectivity index (χ2v) is 9.83. The number of aromatic nitrogens is 1. The van der Waals surface area contributed by atoms with Gasteiger partial charge in [-0.25, -0.2) is 0 Å². The molecule has 5 heteroatoms. The summed E-state index contributed by atoms with van der Waals surface area (Å²) in [5.74, 6) is -0.631. The molecule has 4 rings (SSSR count). The molecule has 1 aromatic heterocycles. The van der Waals surface area contributed by atoms with Gasteiger partial charge in [0, 0.05) is 23.7 Å². The number of pyridine rings is 1. The first kappa shape index (κ1) is 21.6. The lowest BCUT2D eigenvalue weighted by atomic mass is 9.94. The number of ether oxygens (including phenoxy) is 1. The summed E-state index contributed by atoms with van der Waals surface area (Å²) in [6.45, 7) is 5.20. The lowest BCUT2D eigenvalue weighted by Crippen LogP contribution is -2.23. The monoisotopic (exact) mass is 433 g/mol. The predicted molar refractivity (Wildman–Crippen MR) is 124 cm³/mol. The van der Waals surface area contributed by atoms with E-state index in [4.69, 9.17) is 4.74 Å². The molecule has 0 amide bonds. The van der Waals surface area contributed by atoms with Crippen LogP contribution < -0.4 is 0 Å². The first-order valence-electron chi connectivity index (χ1n) is 10.8. The molecule has 0 N–H and O–H groups in total. The normalized spacial score (nSPS) is 14.6. The molecular weight excluding hydrogens is 406 g/mol. The molecule has 0 aliphatic heterocycles. The van der Waals surface area contributed by atoms with E-state index in [9.17, 15) is 9.59 Å². The minimum atomic E-state index is -0.509. The Morgan fingerprint density at radius 3 is 2.45 bits per heavy atom. The molecular formula is C26H27NO3S. The molecule has 160 valence electrons. The molecule has 1 aliphatic rings. The first-order chi connectivity index (χ1) is 14.9. The number of thioether (sulfide) groups is 1. The summed E-state index contributed by atoms with van der Waals surface area (Å²) in [6, 6.07) is 15.0. The zero-order chi connectivity index (χ0) is 22.0. The maximum absolute atomic E-state index is 12.3. The lowest BCUT2D eigenvalue weighted by Gasteiger charge is -2.15. The van der Waals surface area contributed by atoms with E-state index in [1.165, 1.54) is 46.5 Å². The number of hydrogen-bond donors (Lipinski definition) is 0. The van der Waals surface area contributed by atoms with Gasteiger partial charge in [0.15, 0.2) is 0 Å². The van der Waals surface area contributed by atoms with Gasteiger partial charge in [-0.1, -0.05) is 50.2 Å². The van der Waals surface area contributed by atoms with Crippen molar-refractivity contribution in [1.29, 1.82) is 0 Å². The first-order valence-corrected chi connectivity index (χ1v) is 11.7. The number of carbonyl (C=O) groups is 2. The van der Waals surface area contributed by atoms with Crippen LogP contribution in [0.3, 0.4) is 0 Å². The van der Waals surface area contributed by atoms with Gasteiger partial charge < -0.3 is 4.74 Å². The van der Waals surface area contributed by atoms with Crippen LogP contribution in [0.2, 0.25) is 0 Å². The van der Waals surface area contributed by atoms with Crippen LogP contribution >= 0.6 is 11.8 Å². The lowest BCUT2D eigenvalue weighted by molar-refractivity contribution is -0.161. The van der Waals surface area contributed by atoms with E-state index >= 15 is 0 Å². The minimum Gasteiger partial charge on any atom is -0.392 e. The molecule has 0 radical (unpaired) electrons. The molecule has 1 aliphatic carbocycles. The predicted octanol–water partition coefficient (Wildman–Crippen LogP) is 5.91. The van der Waals surface area contributed by atoms with E-state index in [0.29, 0.717) is 5.92 Å². The quantitative estimate of drug-likeness (QED) is 0.263. The van der Waals surface area contributed by atoms with Crippen molar-refractivity contribution in [1.82, 2.24) is 4.98 Å². The zero-order valence-electron chi connectivity index (χ0n) is 18.1. The summed E-state index contributed by atoms with van der Waals surface area (Å²) in [4.78, 5) is 29.4. The second kappa shape index (κ2) is 9.23. The van der Waals surface area contributed by atoms with Crippen LogP contribution in [0, 0.1) is 5.92 Å². The Morgan fingerprint density at radius 2 is 1.74 bits per heavy atom. The van der Waals surface area contributed by atoms with E-state index in [2.05, 4.69) is 41.4 Å².